The van der Waals surface area contributed by atoms with Crippen molar-refractivity contribution in [2.75, 3.05) is 0 Å². The van der Waals surface area contributed by atoms with E-state index in [0.717, 1.165) is 5.75 Å². The Labute approximate surface area is 86.3 Å². The predicted octanol–water partition coefficient (Wildman–Crippen LogP) is 1.14. The van der Waals surface area contributed by atoms with Crippen LogP contribution in [0.3, 0.4) is 0 Å². The Morgan fingerprint density at radius 3 is 2.73 bits per heavy atom. The first-order chi connectivity index (χ1) is 7.38. The van der Waals surface area contributed by atoms with Gasteiger partial charge in [0.05, 0.1) is 0 Å². The molecule has 0 bridgehead atoms. The molecule has 2 rings (SSSR count). The fraction of sp³-hybridized carbons (Fsp3) is 0.200. The second-order valence-corrected chi connectivity index (χ2v) is 2.86. The van der Waals surface area contributed by atoms with Crippen LogP contribution < -0.4 is 4.74 Å². The van der Waals surface area contributed by atoms with E-state index in [1.165, 1.54) is 0 Å². The molecule has 1 aromatic carbocycles. The van der Waals surface area contributed by atoms with Crippen LogP contribution in [0.4, 0.5) is 0 Å². The molecule has 0 saturated heterocycles. The lowest BCUT2D eigenvalue weighted by atomic mass is 10.3. The van der Waals surface area contributed by atoms with Crippen molar-refractivity contribution in [1.29, 1.82) is 0 Å². The van der Waals surface area contributed by atoms with E-state index < -0.39 is 0 Å². The van der Waals surface area contributed by atoms with Gasteiger partial charge in [-0.1, -0.05) is 23.4 Å². The van der Waals surface area contributed by atoms with Crippen LogP contribution in [0.25, 0.3) is 0 Å². The van der Waals surface area contributed by atoms with Crippen LogP contribution in [0.5, 0.6) is 5.75 Å². The van der Waals surface area contributed by atoms with Gasteiger partial charge in [0, 0.05) is 0 Å². The molecule has 1 heterocycles. The number of nitrogens with zero attached hydrogens (tertiary/aromatic N) is 2. The van der Waals surface area contributed by atoms with Crippen LogP contribution in [0.1, 0.15) is 11.7 Å². The molecule has 1 N–H and O–H groups in total. The summed E-state index contributed by atoms with van der Waals surface area (Å²) in [5.41, 5.74) is 0. The Kier molecular flexibility index (Phi) is 2.94. The van der Waals surface area contributed by atoms with Crippen molar-refractivity contribution in [2.24, 2.45) is 0 Å². The number of aliphatic hydroxyl groups is 1. The first kappa shape index (κ1) is 9.67. The molecule has 78 valence electrons. The zero-order chi connectivity index (χ0) is 10.5. The lowest BCUT2D eigenvalue weighted by Gasteiger charge is -2.01. The van der Waals surface area contributed by atoms with Gasteiger partial charge >= 0.3 is 0 Å². The molecular weight excluding hydrogens is 196 g/mol. The van der Waals surface area contributed by atoms with Gasteiger partial charge in [0.15, 0.2) is 6.61 Å². The second-order valence-electron chi connectivity index (χ2n) is 2.86. The van der Waals surface area contributed by atoms with Gasteiger partial charge in [-0.15, -0.1) is 0 Å². The van der Waals surface area contributed by atoms with Crippen molar-refractivity contribution in [1.82, 2.24) is 10.1 Å². The summed E-state index contributed by atoms with van der Waals surface area (Å²) in [6.45, 7) is -0.0220. The van der Waals surface area contributed by atoms with Crippen LogP contribution in [0.2, 0.25) is 0 Å². The fourth-order valence-electron chi connectivity index (χ4n) is 1.08. The van der Waals surface area contributed by atoms with Crippen LogP contribution in [-0.2, 0) is 13.2 Å². The molecule has 0 unspecified atom stereocenters. The molecule has 0 atom stereocenters. The van der Waals surface area contributed by atoms with E-state index in [1.807, 2.05) is 30.3 Å². The van der Waals surface area contributed by atoms with Gasteiger partial charge in [-0.05, 0) is 12.1 Å². The summed E-state index contributed by atoms with van der Waals surface area (Å²) >= 11 is 0. The molecule has 5 heteroatoms. The number of hydrogen-bond acceptors (Lipinski definition) is 5. The van der Waals surface area contributed by atoms with Crippen molar-refractivity contribution in [3.05, 3.63) is 42.0 Å². The van der Waals surface area contributed by atoms with Crippen molar-refractivity contribution in [3.8, 4) is 5.75 Å². The number of hydrogen-bond donors (Lipinski definition) is 1. The van der Waals surface area contributed by atoms with Gasteiger partial charge in [-0.25, -0.2) is 0 Å². The van der Waals surface area contributed by atoms with Crippen LogP contribution >= 0.6 is 0 Å². The minimum absolute atomic E-state index is 0.196. The highest BCUT2D eigenvalue weighted by Gasteiger charge is 2.04. The van der Waals surface area contributed by atoms with E-state index in [0.29, 0.717) is 5.82 Å². The summed E-state index contributed by atoms with van der Waals surface area (Å²) in [6.07, 6.45) is 0. The first-order valence-electron chi connectivity index (χ1n) is 4.48. The summed E-state index contributed by atoms with van der Waals surface area (Å²) in [6, 6.07) is 9.35. The molecule has 0 aliphatic carbocycles. The summed E-state index contributed by atoms with van der Waals surface area (Å²) in [5.74, 6) is 1.36. The lowest BCUT2D eigenvalue weighted by Crippen LogP contribution is -1.97. The van der Waals surface area contributed by atoms with E-state index >= 15 is 0 Å². The molecule has 0 aliphatic heterocycles. The quantitative estimate of drug-likeness (QED) is 0.812. The van der Waals surface area contributed by atoms with Crippen LogP contribution in [0, 0.1) is 0 Å². The monoisotopic (exact) mass is 206 g/mol. The van der Waals surface area contributed by atoms with E-state index in [2.05, 4.69) is 10.1 Å². The number of aliphatic hydroxyl groups excluding tert-OH is 1. The minimum Gasteiger partial charge on any atom is -0.485 e. The largest absolute Gasteiger partial charge is 0.485 e. The molecule has 1 aromatic heterocycles. The molecule has 2 aromatic rings. The van der Waals surface area contributed by atoms with E-state index in [1.54, 1.807) is 0 Å². The third kappa shape index (κ3) is 2.54. The number of aromatic nitrogens is 2. The molecule has 5 nitrogen and oxygen atoms in total. The molecule has 0 fully saturated rings. The summed E-state index contributed by atoms with van der Waals surface area (Å²) < 4.78 is 10.1. The summed E-state index contributed by atoms with van der Waals surface area (Å²) in [7, 11) is 0. The fourth-order valence-corrected chi connectivity index (χ4v) is 1.08. The minimum atomic E-state index is -0.252. The smallest absolute Gasteiger partial charge is 0.252 e. The molecule has 0 aliphatic rings. The number of benzene rings is 1. The van der Waals surface area contributed by atoms with Gasteiger partial charge in [0.1, 0.15) is 12.4 Å². The maximum atomic E-state index is 8.70. The highest BCUT2D eigenvalue weighted by molar-refractivity contribution is 5.20. The zero-order valence-corrected chi connectivity index (χ0v) is 7.96. The van der Waals surface area contributed by atoms with Gasteiger partial charge in [0.2, 0.25) is 5.82 Å². The van der Waals surface area contributed by atoms with Crippen molar-refractivity contribution >= 4 is 0 Å². The Hall–Kier alpha value is -1.88. The molecule has 15 heavy (non-hydrogen) atoms. The van der Waals surface area contributed by atoms with Gasteiger partial charge in [-0.2, -0.15) is 4.98 Å². The Balaban J connectivity index is 1.93. The third-order valence-corrected chi connectivity index (χ3v) is 1.76. The average Bonchev–Trinajstić information content (AvgIpc) is 2.76. The van der Waals surface area contributed by atoms with Gasteiger partial charge in [0.25, 0.3) is 5.89 Å². The topological polar surface area (TPSA) is 68.4 Å². The van der Waals surface area contributed by atoms with Crippen molar-refractivity contribution in [3.63, 3.8) is 0 Å². The maximum Gasteiger partial charge on any atom is 0.252 e. The molecule has 0 radical (unpaired) electrons. The molecule has 0 saturated carbocycles. The Morgan fingerprint density at radius 1 is 1.27 bits per heavy atom. The number of rotatable bonds is 4. The molecular formula is C10H10N2O3. The van der Waals surface area contributed by atoms with Crippen molar-refractivity contribution < 1.29 is 14.4 Å². The van der Waals surface area contributed by atoms with Gasteiger partial charge < -0.3 is 14.4 Å². The number of ether oxygens (including phenoxy) is 1. The highest BCUT2D eigenvalue weighted by atomic mass is 16.5. The average molecular weight is 206 g/mol. The van der Waals surface area contributed by atoms with Gasteiger partial charge in [-0.3, -0.25) is 0 Å². The van der Waals surface area contributed by atoms with E-state index in [4.69, 9.17) is 14.4 Å². The Morgan fingerprint density at radius 2 is 2.07 bits per heavy atom. The number of para-hydroxylation sites is 1. The van der Waals surface area contributed by atoms with Crippen LogP contribution in [0.15, 0.2) is 34.9 Å². The SMILES string of the molecule is OCc1nc(COc2ccccc2)no1. The molecule has 0 spiro atoms. The maximum absolute atomic E-state index is 8.70. The third-order valence-electron chi connectivity index (χ3n) is 1.76. The second kappa shape index (κ2) is 4.56. The lowest BCUT2D eigenvalue weighted by molar-refractivity contribution is 0.221. The standard InChI is InChI=1S/C10H10N2O3/c13-6-10-11-9(12-15-10)7-14-8-4-2-1-3-5-8/h1-5,13H,6-7H2. The zero-order valence-electron chi connectivity index (χ0n) is 7.96. The summed E-state index contributed by atoms with van der Waals surface area (Å²) in [4.78, 5) is 3.89. The normalized spacial score (nSPS) is 10.2. The van der Waals surface area contributed by atoms with Crippen molar-refractivity contribution in [2.45, 2.75) is 13.2 Å². The van der Waals surface area contributed by atoms with Crippen LogP contribution in [-0.4, -0.2) is 15.2 Å². The van der Waals surface area contributed by atoms with E-state index in [-0.39, 0.29) is 19.1 Å². The Bertz CT molecular complexity index is 414. The molecule has 0 amide bonds. The highest BCUT2D eigenvalue weighted by Crippen LogP contribution is 2.10. The first-order valence-corrected chi connectivity index (χ1v) is 4.48. The predicted molar refractivity (Wildman–Crippen MR) is 51.0 cm³/mol. The summed E-state index contributed by atoms with van der Waals surface area (Å²) in [5, 5.41) is 12.3. The van der Waals surface area contributed by atoms with E-state index in [9.17, 15) is 0 Å².